The van der Waals surface area contributed by atoms with Crippen LogP contribution in [-0.2, 0) is 11.3 Å². The summed E-state index contributed by atoms with van der Waals surface area (Å²) in [6.45, 7) is 2.44. The van der Waals surface area contributed by atoms with Crippen molar-refractivity contribution in [2.75, 3.05) is 25.1 Å². The van der Waals surface area contributed by atoms with E-state index in [9.17, 15) is 0 Å². The van der Waals surface area contributed by atoms with Crippen molar-refractivity contribution in [1.29, 1.82) is 0 Å². The fourth-order valence-electron chi connectivity index (χ4n) is 2.41. The molecule has 2 N–H and O–H groups in total. The van der Waals surface area contributed by atoms with Crippen molar-refractivity contribution < 1.29 is 4.74 Å². The summed E-state index contributed by atoms with van der Waals surface area (Å²) in [6, 6.07) is 2.31. The Hall–Kier alpha value is -1.20. The molecule has 1 aromatic rings. The Balaban J connectivity index is 1.87. The van der Waals surface area contributed by atoms with Crippen molar-refractivity contribution in [3.05, 3.63) is 17.6 Å². The number of ether oxygens (including phenoxy) is 1. The molecule has 0 bridgehead atoms. The quantitative estimate of drug-likeness (QED) is 0.862. The van der Waals surface area contributed by atoms with E-state index in [1.165, 1.54) is 12.8 Å². The zero-order valence-corrected chi connectivity index (χ0v) is 10.8. The molecule has 1 aliphatic carbocycles. The van der Waals surface area contributed by atoms with E-state index in [1.54, 1.807) is 7.11 Å². The fourth-order valence-corrected chi connectivity index (χ4v) is 2.41. The van der Waals surface area contributed by atoms with Gasteiger partial charge in [0.15, 0.2) is 0 Å². The van der Waals surface area contributed by atoms with Crippen LogP contribution in [0.25, 0.3) is 0 Å². The Bertz CT molecular complexity index is 433. The summed E-state index contributed by atoms with van der Waals surface area (Å²) < 4.78 is 5.19. The number of anilines is 1. The van der Waals surface area contributed by atoms with Crippen LogP contribution < -0.4 is 10.6 Å². The average molecular weight is 248 g/mol. The maximum atomic E-state index is 5.96. The molecular formula is C13H20N4O. The molecule has 18 heavy (non-hydrogen) atoms. The first kappa shape index (κ1) is 11.9. The van der Waals surface area contributed by atoms with Gasteiger partial charge in [-0.25, -0.2) is 9.97 Å². The van der Waals surface area contributed by atoms with E-state index in [-0.39, 0.29) is 6.04 Å². The van der Waals surface area contributed by atoms with Gasteiger partial charge in [0.05, 0.1) is 12.3 Å². The average Bonchev–Trinajstić information content (AvgIpc) is 3.12. The summed E-state index contributed by atoms with van der Waals surface area (Å²) in [5, 5.41) is 0. The van der Waals surface area contributed by atoms with Crippen LogP contribution in [0.15, 0.2) is 6.07 Å². The molecule has 0 spiro atoms. The minimum absolute atomic E-state index is 0.273. The molecule has 3 rings (SSSR count). The molecule has 5 nitrogen and oxygen atoms in total. The molecule has 1 atom stereocenters. The highest BCUT2D eigenvalue weighted by Gasteiger charge is 2.29. The molecule has 0 aromatic carbocycles. The Morgan fingerprint density at radius 3 is 2.83 bits per heavy atom. The van der Waals surface area contributed by atoms with Gasteiger partial charge in [-0.05, 0) is 19.3 Å². The van der Waals surface area contributed by atoms with E-state index < -0.39 is 0 Å². The molecule has 2 aliphatic rings. The minimum Gasteiger partial charge on any atom is -0.378 e. The SMILES string of the molecule is COCc1cc(N2CC[C@H](N)C2)nc(C2CC2)n1. The summed E-state index contributed by atoms with van der Waals surface area (Å²) in [5.74, 6) is 2.57. The monoisotopic (exact) mass is 248 g/mol. The van der Waals surface area contributed by atoms with Crippen LogP contribution >= 0.6 is 0 Å². The molecule has 1 saturated carbocycles. The topological polar surface area (TPSA) is 64.3 Å². The highest BCUT2D eigenvalue weighted by atomic mass is 16.5. The Kier molecular flexibility index (Phi) is 3.18. The van der Waals surface area contributed by atoms with Crippen molar-refractivity contribution in [3.8, 4) is 0 Å². The first-order chi connectivity index (χ1) is 8.76. The summed E-state index contributed by atoms with van der Waals surface area (Å²) in [6.07, 6.45) is 3.48. The van der Waals surface area contributed by atoms with Crippen LogP contribution in [0.2, 0.25) is 0 Å². The van der Waals surface area contributed by atoms with Crippen LogP contribution in [-0.4, -0.2) is 36.2 Å². The van der Waals surface area contributed by atoms with Crippen molar-refractivity contribution in [1.82, 2.24) is 9.97 Å². The lowest BCUT2D eigenvalue weighted by Gasteiger charge is -2.18. The molecule has 98 valence electrons. The van der Waals surface area contributed by atoms with E-state index in [0.29, 0.717) is 12.5 Å². The fraction of sp³-hybridized carbons (Fsp3) is 0.692. The predicted molar refractivity (Wildman–Crippen MR) is 69.5 cm³/mol. The van der Waals surface area contributed by atoms with Crippen LogP contribution in [0.5, 0.6) is 0 Å². The summed E-state index contributed by atoms with van der Waals surface area (Å²) >= 11 is 0. The normalized spacial score (nSPS) is 23.7. The lowest BCUT2D eigenvalue weighted by molar-refractivity contribution is 0.181. The second-order valence-corrected chi connectivity index (χ2v) is 5.28. The third kappa shape index (κ3) is 2.47. The number of aromatic nitrogens is 2. The third-order valence-corrected chi connectivity index (χ3v) is 3.57. The van der Waals surface area contributed by atoms with Crippen molar-refractivity contribution >= 4 is 5.82 Å². The van der Waals surface area contributed by atoms with Crippen molar-refractivity contribution in [2.45, 2.75) is 37.8 Å². The first-order valence-corrected chi connectivity index (χ1v) is 6.63. The third-order valence-electron chi connectivity index (χ3n) is 3.57. The molecule has 0 unspecified atom stereocenters. The lowest BCUT2D eigenvalue weighted by Crippen LogP contribution is -2.27. The van der Waals surface area contributed by atoms with E-state index in [2.05, 4.69) is 9.88 Å². The molecule has 2 heterocycles. The van der Waals surface area contributed by atoms with Gasteiger partial charge in [0.25, 0.3) is 0 Å². The zero-order chi connectivity index (χ0) is 12.5. The molecule has 5 heteroatoms. The van der Waals surface area contributed by atoms with Gasteiger partial charge in [0.1, 0.15) is 11.6 Å². The summed E-state index contributed by atoms with van der Waals surface area (Å²) in [5.41, 5.74) is 6.94. The Morgan fingerprint density at radius 1 is 1.39 bits per heavy atom. The minimum atomic E-state index is 0.273. The molecule has 1 saturated heterocycles. The second kappa shape index (κ2) is 4.82. The van der Waals surface area contributed by atoms with Crippen LogP contribution in [0.1, 0.15) is 36.7 Å². The largest absolute Gasteiger partial charge is 0.378 e. The number of methoxy groups -OCH3 is 1. The highest BCUT2D eigenvalue weighted by molar-refractivity contribution is 5.42. The zero-order valence-electron chi connectivity index (χ0n) is 10.8. The summed E-state index contributed by atoms with van der Waals surface area (Å²) in [7, 11) is 1.70. The number of rotatable bonds is 4. The van der Waals surface area contributed by atoms with Gasteiger partial charge in [0, 0.05) is 38.2 Å². The van der Waals surface area contributed by atoms with Crippen molar-refractivity contribution in [3.63, 3.8) is 0 Å². The van der Waals surface area contributed by atoms with Gasteiger partial charge < -0.3 is 15.4 Å². The molecule has 0 amide bonds. The molecule has 1 aromatic heterocycles. The smallest absolute Gasteiger partial charge is 0.134 e. The van der Waals surface area contributed by atoms with Crippen LogP contribution in [0.3, 0.4) is 0 Å². The van der Waals surface area contributed by atoms with E-state index >= 15 is 0 Å². The predicted octanol–water partition coefficient (Wildman–Crippen LogP) is 1.04. The second-order valence-electron chi connectivity index (χ2n) is 5.28. The molecule has 2 fully saturated rings. The Morgan fingerprint density at radius 2 is 2.22 bits per heavy atom. The van der Waals surface area contributed by atoms with Crippen LogP contribution in [0, 0.1) is 0 Å². The first-order valence-electron chi connectivity index (χ1n) is 6.63. The lowest BCUT2D eigenvalue weighted by atomic mass is 10.3. The Labute approximate surface area is 107 Å². The van der Waals surface area contributed by atoms with Gasteiger partial charge in [-0.1, -0.05) is 0 Å². The number of nitrogens with two attached hydrogens (primary N) is 1. The van der Waals surface area contributed by atoms with Gasteiger partial charge >= 0.3 is 0 Å². The van der Waals surface area contributed by atoms with Gasteiger partial charge in [-0.3, -0.25) is 0 Å². The highest BCUT2D eigenvalue weighted by Crippen LogP contribution is 2.38. The van der Waals surface area contributed by atoms with E-state index in [1.807, 2.05) is 6.07 Å². The number of hydrogen-bond donors (Lipinski definition) is 1. The summed E-state index contributed by atoms with van der Waals surface area (Å²) in [4.78, 5) is 11.5. The molecular weight excluding hydrogens is 228 g/mol. The van der Waals surface area contributed by atoms with E-state index in [0.717, 1.165) is 36.8 Å². The molecule has 0 radical (unpaired) electrons. The van der Waals surface area contributed by atoms with Gasteiger partial charge in [0.2, 0.25) is 0 Å². The standard InChI is InChI=1S/C13H20N4O/c1-18-8-11-6-12(17-5-4-10(14)7-17)16-13(15-11)9-2-3-9/h6,9-10H,2-5,7-8,14H2,1H3/t10-/m0/s1. The van der Waals surface area contributed by atoms with Crippen molar-refractivity contribution in [2.24, 2.45) is 5.73 Å². The molecule has 1 aliphatic heterocycles. The van der Waals surface area contributed by atoms with Gasteiger partial charge in [-0.15, -0.1) is 0 Å². The van der Waals surface area contributed by atoms with E-state index in [4.69, 9.17) is 15.5 Å². The van der Waals surface area contributed by atoms with Gasteiger partial charge in [-0.2, -0.15) is 0 Å². The maximum Gasteiger partial charge on any atom is 0.134 e. The number of hydrogen-bond acceptors (Lipinski definition) is 5. The maximum absolute atomic E-state index is 5.96. The number of nitrogens with zero attached hydrogens (tertiary/aromatic N) is 3. The van der Waals surface area contributed by atoms with Crippen LogP contribution in [0.4, 0.5) is 5.82 Å².